The molecule has 1 aromatic heterocycles. The van der Waals surface area contributed by atoms with Gasteiger partial charge in [-0.2, -0.15) is 0 Å². The Hall–Kier alpha value is -2.27. The van der Waals surface area contributed by atoms with E-state index >= 15 is 0 Å². The zero-order valence-electron chi connectivity index (χ0n) is 13.3. The molecule has 2 aromatic rings. The fourth-order valence-electron chi connectivity index (χ4n) is 2.13. The highest BCUT2D eigenvalue weighted by Gasteiger charge is 2.15. The van der Waals surface area contributed by atoms with Gasteiger partial charge in [-0.3, -0.25) is 4.79 Å². The highest BCUT2D eigenvalue weighted by atomic mass is 35.5. The molecular formula is C17H20ClN3O2. The molecule has 2 rings (SSSR count). The van der Waals surface area contributed by atoms with Crippen LogP contribution in [0.4, 0.5) is 5.82 Å². The van der Waals surface area contributed by atoms with Crippen LogP contribution in [0.5, 0.6) is 5.75 Å². The molecule has 0 spiro atoms. The summed E-state index contributed by atoms with van der Waals surface area (Å²) in [6.07, 6.45) is 2.36. The number of benzene rings is 1. The van der Waals surface area contributed by atoms with E-state index in [1.54, 1.807) is 43.4 Å². The van der Waals surface area contributed by atoms with E-state index in [9.17, 15) is 4.79 Å². The van der Waals surface area contributed by atoms with E-state index in [4.69, 9.17) is 16.3 Å². The first kappa shape index (κ1) is 17.1. The summed E-state index contributed by atoms with van der Waals surface area (Å²) in [5, 5.41) is 3.52. The molecule has 0 aliphatic heterocycles. The number of ether oxygens (including phenoxy) is 1. The minimum atomic E-state index is -0.0693. The molecular weight excluding hydrogens is 314 g/mol. The predicted molar refractivity (Wildman–Crippen MR) is 92.3 cm³/mol. The maximum Gasteiger partial charge on any atom is 0.257 e. The fourth-order valence-corrected chi connectivity index (χ4v) is 2.32. The lowest BCUT2D eigenvalue weighted by atomic mass is 10.2. The summed E-state index contributed by atoms with van der Waals surface area (Å²) in [6, 6.07) is 10.9. The maximum atomic E-state index is 12.4. The van der Waals surface area contributed by atoms with Crippen molar-refractivity contribution >= 4 is 23.3 Å². The van der Waals surface area contributed by atoms with Crippen molar-refractivity contribution in [3.05, 3.63) is 53.2 Å². The number of nitrogens with zero attached hydrogens (tertiary/aromatic N) is 2. The van der Waals surface area contributed by atoms with Crippen molar-refractivity contribution in [2.75, 3.05) is 32.6 Å². The normalized spacial score (nSPS) is 10.2. The summed E-state index contributed by atoms with van der Waals surface area (Å²) in [5.74, 6) is 1.17. The van der Waals surface area contributed by atoms with Crippen LogP contribution in [0.15, 0.2) is 42.6 Å². The van der Waals surface area contributed by atoms with Crippen LogP contribution in [0.1, 0.15) is 16.8 Å². The highest BCUT2D eigenvalue weighted by Crippen LogP contribution is 2.23. The van der Waals surface area contributed by atoms with E-state index < -0.39 is 0 Å². The summed E-state index contributed by atoms with van der Waals surface area (Å²) < 4.78 is 5.62. The first-order chi connectivity index (χ1) is 11.1. The van der Waals surface area contributed by atoms with Crippen molar-refractivity contribution < 1.29 is 9.53 Å². The first-order valence-electron chi connectivity index (χ1n) is 7.39. The maximum absolute atomic E-state index is 12.4. The molecule has 1 aromatic carbocycles. The Bertz CT molecular complexity index is 664. The average Bonchev–Trinajstić information content (AvgIpc) is 2.59. The molecule has 0 fully saturated rings. The Morgan fingerprint density at radius 2 is 2.09 bits per heavy atom. The largest absolute Gasteiger partial charge is 0.492 e. The zero-order valence-corrected chi connectivity index (χ0v) is 14.0. The average molecular weight is 334 g/mol. The van der Waals surface area contributed by atoms with Gasteiger partial charge in [0.05, 0.1) is 17.2 Å². The molecule has 23 heavy (non-hydrogen) atoms. The number of halogens is 1. The van der Waals surface area contributed by atoms with Gasteiger partial charge in [0.25, 0.3) is 5.91 Å². The van der Waals surface area contributed by atoms with Gasteiger partial charge in [-0.15, -0.1) is 0 Å². The monoisotopic (exact) mass is 333 g/mol. The molecule has 0 aliphatic rings. The number of para-hydroxylation sites is 1. The fraction of sp³-hybridized carbons (Fsp3) is 0.294. The number of hydrogen-bond acceptors (Lipinski definition) is 4. The third-order valence-electron chi connectivity index (χ3n) is 3.35. The Kier molecular flexibility index (Phi) is 6.23. The lowest BCUT2D eigenvalue weighted by Crippen LogP contribution is -2.29. The van der Waals surface area contributed by atoms with E-state index in [1.165, 1.54) is 0 Å². The molecule has 1 amide bonds. The number of rotatable bonds is 7. The summed E-state index contributed by atoms with van der Waals surface area (Å²) in [6.45, 7) is 1.08. The number of pyridine rings is 1. The second-order valence-corrected chi connectivity index (χ2v) is 5.42. The number of aromatic nitrogens is 1. The van der Waals surface area contributed by atoms with Crippen molar-refractivity contribution in [2.45, 2.75) is 6.42 Å². The Morgan fingerprint density at radius 1 is 1.30 bits per heavy atom. The van der Waals surface area contributed by atoms with Crippen LogP contribution < -0.4 is 10.1 Å². The van der Waals surface area contributed by atoms with E-state index in [1.807, 2.05) is 18.2 Å². The van der Waals surface area contributed by atoms with Crippen LogP contribution in [0.2, 0.25) is 5.02 Å². The van der Waals surface area contributed by atoms with E-state index in [-0.39, 0.29) is 5.91 Å². The van der Waals surface area contributed by atoms with Gasteiger partial charge >= 0.3 is 0 Å². The van der Waals surface area contributed by atoms with Gasteiger partial charge < -0.3 is 15.0 Å². The predicted octanol–water partition coefficient (Wildman–Crippen LogP) is 3.32. The molecule has 5 nitrogen and oxygen atoms in total. The smallest absolute Gasteiger partial charge is 0.257 e. The van der Waals surface area contributed by atoms with Crippen LogP contribution >= 0.6 is 11.6 Å². The minimum Gasteiger partial charge on any atom is -0.492 e. The third kappa shape index (κ3) is 4.60. The summed E-state index contributed by atoms with van der Waals surface area (Å²) in [5.41, 5.74) is 0.560. The van der Waals surface area contributed by atoms with Crippen molar-refractivity contribution in [1.29, 1.82) is 0 Å². The first-order valence-corrected chi connectivity index (χ1v) is 7.77. The second kappa shape index (κ2) is 8.39. The molecule has 0 bridgehead atoms. The number of hydrogen-bond donors (Lipinski definition) is 1. The van der Waals surface area contributed by atoms with Crippen LogP contribution in [-0.4, -0.2) is 43.0 Å². The Balaban J connectivity index is 1.84. The van der Waals surface area contributed by atoms with Crippen molar-refractivity contribution in [1.82, 2.24) is 9.88 Å². The van der Waals surface area contributed by atoms with Gasteiger partial charge in [-0.05, 0) is 30.7 Å². The van der Waals surface area contributed by atoms with E-state index in [2.05, 4.69) is 10.3 Å². The molecule has 6 heteroatoms. The topological polar surface area (TPSA) is 54.5 Å². The number of anilines is 1. The molecule has 122 valence electrons. The van der Waals surface area contributed by atoms with Gasteiger partial charge in [-0.1, -0.05) is 23.7 Å². The molecule has 0 saturated carbocycles. The van der Waals surface area contributed by atoms with Crippen molar-refractivity contribution in [3.63, 3.8) is 0 Å². The van der Waals surface area contributed by atoms with Gasteiger partial charge in [0.1, 0.15) is 11.6 Å². The van der Waals surface area contributed by atoms with Crippen LogP contribution in [-0.2, 0) is 0 Å². The standard InChI is InChI=1S/C17H20ClN3O2/c1-19-16-13(7-5-10-20-16)17(22)21(2)11-6-12-23-15-9-4-3-8-14(15)18/h3-5,7-10H,6,11-12H2,1-2H3,(H,19,20). The quantitative estimate of drug-likeness (QED) is 0.790. The van der Waals surface area contributed by atoms with Crippen LogP contribution in [0, 0.1) is 0 Å². The molecule has 1 N–H and O–H groups in total. The molecule has 1 heterocycles. The third-order valence-corrected chi connectivity index (χ3v) is 3.67. The lowest BCUT2D eigenvalue weighted by Gasteiger charge is -2.18. The molecule has 0 unspecified atom stereocenters. The SMILES string of the molecule is CNc1ncccc1C(=O)N(C)CCCOc1ccccc1Cl. The summed E-state index contributed by atoms with van der Waals surface area (Å²) in [4.78, 5) is 18.2. The van der Waals surface area contributed by atoms with E-state index in [0.29, 0.717) is 41.7 Å². The minimum absolute atomic E-state index is 0.0693. The highest BCUT2D eigenvalue weighted by molar-refractivity contribution is 6.32. The van der Waals surface area contributed by atoms with E-state index in [0.717, 1.165) is 0 Å². The van der Waals surface area contributed by atoms with Gasteiger partial charge in [-0.25, -0.2) is 4.98 Å². The van der Waals surface area contributed by atoms with Crippen LogP contribution in [0.3, 0.4) is 0 Å². The van der Waals surface area contributed by atoms with Gasteiger partial charge in [0.2, 0.25) is 0 Å². The van der Waals surface area contributed by atoms with Crippen molar-refractivity contribution in [3.8, 4) is 5.75 Å². The molecule has 0 atom stereocenters. The van der Waals surface area contributed by atoms with Gasteiger partial charge in [0.15, 0.2) is 0 Å². The summed E-state index contributed by atoms with van der Waals surface area (Å²) >= 11 is 6.03. The van der Waals surface area contributed by atoms with Gasteiger partial charge in [0, 0.05) is 26.8 Å². The number of amides is 1. The number of nitrogens with one attached hydrogen (secondary N) is 1. The van der Waals surface area contributed by atoms with Crippen LogP contribution in [0.25, 0.3) is 0 Å². The second-order valence-electron chi connectivity index (χ2n) is 5.01. The lowest BCUT2D eigenvalue weighted by molar-refractivity contribution is 0.0788. The molecule has 0 radical (unpaired) electrons. The number of carbonyl (C=O) groups excluding carboxylic acids is 1. The zero-order chi connectivity index (χ0) is 16.7. The number of carbonyl (C=O) groups is 1. The van der Waals surface area contributed by atoms with Crippen molar-refractivity contribution in [2.24, 2.45) is 0 Å². The Labute approximate surface area is 141 Å². The summed E-state index contributed by atoms with van der Waals surface area (Å²) in [7, 11) is 3.51. The molecule has 0 aliphatic carbocycles. The Morgan fingerprint density at radius 3 is 2.83 bits per heavy atom. The molecule has 0 saturated heterocycles.